The van der Waals surface area contributed by atoms with Gasteiger partial charge in [0, 0.05) is 24.1 Å². The third-order valence-corrected chi connectivity index (χ3v) is 4.46. The summed E-state index contributed by atoms with van der Waals surface area (Å²) in [5, 5.41) is 0.0618. The van der Waals surface area contributed by atoms with Crippen LogP contribution in [0.4, 0.5) is 26.3 Å². The van der Waals surface area contributed by atoms with Crippen LogP contribution in [-0.2, 0) is 16.9 Å². The van der Waals surface area contributed by atoms with Crippen LogP contribution in [0.25, 0.3) is 10.9 Å². The molecule has 0 bridgehead atoms. The van der Waals surface area contributed by atoms with Crippen molar-refractivity contribution in [1.82, 2.24) is 4.57 Å². The first-order valence-corrected chi connectivity index (χ1v) is 7.44. The lowest BCUT2D eigenvalue weighted by atomic mass is 9.89. The van der Waals surface area contributed by atoms with Gasteiger partial charge >= 0.3 is 12.4 Å². The normalized spacial score (nSPS) is 15.2. The molecule has 0 atom stereocenters. The van der Waals surface area contributed by atoms with Crippen molar-refractivity contribution >= 4 is 10.9 Å². The van der Waals surface area contributed by atoms with E-state index in [4.69, 9.17) is 4.74 Å². The summed E-state index contributed by atoms with van der Waals surface area (Å²) in [5.41, 5.74) is -5.67. The molecule has 2 heterocycles. The van der Waals surface area contributed by atoms with Gasteiger partial charge in [-0.3, -0.25) is 4.79 Å². The Morgan fingerprint density at radius 1 is 1.08 bits per heavy atom. The summed E-state index contributed by atoms with van der Waals surface area (Å²) in [5.74, 6) is -0.223. The van der Waals surface area contributed by atoms with E-state index in [2.05, 4.69) is 4.74 Å². The standard InChI is InChI=1S/C16H13F6NO3/c1-8-5-12(24)23-3-4-26-11-7-9(6-10(8)13(11)23)14(25-2,15(17,18)19)16(20,21)22/h5-7H,3-4H2,1-2H3. The Bertz CT molecular complexity index is 915. The minimum atomic E-state index is -5.77. The Labute approximate surface area is 142 Å². The lowest BCUT2D eigenvalue weighted by Gasteiger charge is -2.37. The number of rotatable bonds is 2. The molecule has 142 valence electrons. The second-order valence-corrected chi connectivity index (χ2v) is 5.92. The second-order valence-electron chi connectivity index (χ2n) is 5.92. The Balaban J connectivity index is 2.45. The Kier molecular flexibility index (Phi) is 4.02. The smallest absolute Gasteiger partial charge is 0.430 e. The second kappa shape index (κ2) is 5.63. The predicted octanol–water partition coefficient (Wildman–Crippen LogP) is 3.67. The first-order valence-electron chi connectivity index (χ1n) is 7.44. The Morgan fingerprint density at radius 2 is 1.69 bits per heavy atom. The van der Waals surface area contributed by atoms with E-state index in [-0.39, 0.29) is 35.4 Å². The van der Waals surface area contributed by atoms with Gasteiger partial charge in [-0.25, -0.2) is 0 Å². The maximum atomic E-state index is 13.5. The van der Waals surface area contributed by atoms with E-state index in [1.807, 2.05) is 0 Å². The third kappa shape index (κ3) is 2.38. The number of hydrogen-bond acceptors (Lipinski definition) is 3. The van der Waals surface area contributed by atoms with Crippen LogP contribution in [0.1, 0.15) is 11.1 Å². The molecule has 10 heteroatoms. The quantitative estimate of drug-likeness (QED) is 0.746. The summed E-state index contributed by atoms with van der Waals surface area (Å²) in [6.07, 6.45) is -11.5. The van der Waals surface area contributed by atoms with E-state index >= 15 is 0 Å². The highest BCUT2D eigenvalue weighted by atomic mass is 19.4. The fraction of sp³-hybridized carbons (Fsp3) is 0.438. The largest absolute Gasteiger partial charge is 0.490 e. The van der Waals surface area contributed by atoms with E-state index in [1.54, 1.807) is 0 Å². The average molecular weight is 381 g/mol. The van der Waals surface area contributed by atoms with E-state index in [0.717, 1.165) is 12.1 Å². The minimum absolute atomic E-state index is 0.0491. The summed E-state index contributed by atoms with van der Waals surface area (Å²) >= 11 is 0. The van der Waals surface area contributed by atoms with Crippen LogP contribution in [-0.4, -0.2) is 30.6 Å². The van der Waals surface area contributed by atoms with Gasteiger partial charge in [-0.05, 0) is 24.6 Å². The van der Waals surface area contributed by atoms with Crippen LogP contribution in [0.3, 0.4) is 0 Å². The number of aryl methyl sites for hydroxylation is 1. The van der Waals surface area contributed by atoms with E-state index in [0.29, 0.717) is 13.2 Å². The molecule has 0 spiro atoms. The van der Waals surface area contributed by atoms with Crippen molar-refractivity contribution in [2.24, 2.45) is 0 Å². The lowest BCUT2D eigenvalue weighted by Crippen LogP contribution is -2.55. The van der Waals surface area contributed by atoms with Crippen LogP contribution in [0.2, 0.25) is 0 Å². The molecule has 3 rings (SSSR count). The molecule has 0 aliphatic carbocycles. The molecule has 0 saturated carbocycles. The molecule has 1 aliphatic heterocycles. The summed E-state index contributed by atoms with van der Waals surface area (Å²) in [6, 6.07) is 2.56. The van der Waals surface area contributed by atoms with E-state index < -0.39 is 29.1 Å². The zero-order chi connectivity index (χ0) is 19.5. The van der Waals surface area contributed by atoms with Crippen molar-refractivity contribution in [1.29, 1.82) is 0 Å². The van der Waals surface area contributed by atoms with Crippen molar-refractivity contribution in [2.75, 3.05) is 13.7 Å². The third-order valence-electron chi connectivity index (χ3n) is 4.46. The molecule has 2 aromatic rings. The molecule has 1 aromatic heterocycles. The highest BCUT2D eigenvalue weighted by Gasteiger charge is 2.73. The molecule has 4 nitrogen and oxygen atoms in total. The summed E-state index contributed by atoms with van der Waals surface area (Å²) in [6.45, 7) is 1.53. The molecule has 1 aliphatic rings. The van der Waals surface area contributed by atoms with Gasteiger partial charge in [0.1, 0.15) is 12.4 Å². The van der Waals surface area contributed by atoms with Gasteiger partial charge in [0.25, 0.3) is 11.2 Å². The number of nitrogens with zero attached hydrogens (tertiary/aromatic N) is 1. The maximum absolute atomic E-state index is 13.5. The molecule has 0 fully saturated rings. The van der Waals surface area contributed by atoms with Gasteiger partial charge in [-0.1, -0.05) is 0 Å². The summed E-state index contributed by atoms with van der Waals surface area (Å²) in [4.78, 5) is 12.1. The first kappa shape index (κ1) is 18.6. The monoisotopic (exact) mass is 381 g/mol. The number of benzene rings is 1. The SMILES string of the molecule is COC(c1cc2c3c(c1)c(C)cc(=O)n3CCO2)(C(F)(F)F)C(F)(F)F. The van der Waals surface area contributed by atoms with Crippen molar-refractivity contribution in [3.8, 4) is 5.75 Å². The Hall–Kier alpha value is -2.23. The fourth-order valence-corrected chi connectivity index (χ4v) is 3.26. The molecule has 26 heavy (non-hydrogen) atoms. The van der Waals surface area contributed by atoms with Gasteiger partial charge in [-0.2, -0.15) is 26.3 Å². The Morgan fingerprint density at radius 3 is 2.23 bits per heavy atom. The van der Waals surface area contributed by atoms with Gasteiger partial charge in [0.05, 0.1) is 12.1 Å². The molecule has 0 saturated heterocycles. The average Bonchev–Trinajstić information content (AvgIpc) is 2.50. The molecule has 0 radical (unpaired) electrons. The lowest BCUT2D eigenvalue weighted by molar-refractivity contribution is -0.383. The van der Waals surface area contributed by atoms with Gasteiger partial charge in [0.2, 0.25) is 0 Å². The number of halogens is 6. The minimum Gasteiger partial charge on any atom is -0.490 e. The van der Waals surface area contributed by atoms with Crippen molar-refractivity contribution in [2.45, 2.75) is 31.4 Å². The zero-order valence-electron chi connectivity index (χ0n) is 13.6. The van der Waals surface area contributed by atoms with Crippen LogP contribution in [0.15, 0.2) is 23.0 Å². The highest BCUT2D eigenvalue weighted by molar-refractivity contribution is 5.89. The molecular formula is C16H13F6NO3. The number of aromatic nitrogens is 1. The van der Waals surface area contributed by atoms with Gasteiger partial charge in [0.15, 0.2) is 0 Å². The van der Waals surface area contributed by atoms with E-state index in [9.17, 15) is 31.1 Å². The van der Waals surface area contributed by atoms with Crippen LogP contribution < -0.4 is 10.3 Å². The molecule has 0 N–H and O–H groups in total. The highest BCUT2D eigenvalue weighted by Crippen LogP contribution is 2.53. The summed E-state index contributed by atoms with van der Waals surface area (Å²) < 4.78 is 91.6. The first-order chi connectivity index (χ1) is 11.9. The predicted molar refractivity (Wildman–Crippen MR) is 79.2 cm³/mol. The van der Waals surface area contributed by atoms with Crippen LogP contribution in [0, 0.1) is 6.92 Å². The number of methoxy groups -OCH3 is 1. The van der Waals surface area contributed by atoms with E-state index in [1.165, 1.54) is 11.5 Å². The van der Waals surface area contributed by atoms with Gasteiger partial charge < -0.3 is 14.0 Å². The van der Waals surface area contributed by atoms with Crippen molar-refractivity contribution in [3.63, 3.8) is 0 Å². The summed E-state index contributed by atoms with van der Waals surface area (Å²) in [7, 11) is 0.353. The zero-order valence-corrected chi connectivity index (χ0v) is 13.6. The number of hydrogen-bond donors (Lipinski definition) is 0. The molecular weight excluding hydrogens is 368 g/mol. The molecule has 1 aromatic carbocycles. The maximum Gasteiger partial charge on any atom is 0.430 e. The number of pyridine rings is 1. The number of ether oxygens (including phenoxy) is 2. The van der Waals surface area contributed by atoms with Crippen molar-refractivity contribution in [3.05, 3.63) is 39.7 Å². The topological polar surface area (TPSA) is 40.5 Å². The van der Waals surface area contributed by atoms with Crippen molar-refractivity contribution < 1.29 is 35.8 Å². The van der Waals surface area contributed by atoms with Crippen LogP contribution >= 0.6 is 0 Å². The molecule has 0 unspecified atom stereocenters. The molecule has 0 amide bonds. The number of alkyl halides is 6. The fourth-order valence-electron chi connectivity index (χ4n) is 3.26. The van der Waals surface area contributed by atoms with Gasteiger partial charge in [-0.15, -0.1) is 0 Å². The van der Waals surface area contributed by atoms with Crippen LogP contribution in [0.5, 0.6) is 5.75 Å².